The van der Waals surface area contributed by atoms with Crippen molar-refractivity contribution in [2.24, 2.45) is 5.92 Å². The number of ether oxygens (including phenoxy) is 1. The van der Waals surface area contributed by atoms with Gasteiger partial charge in [-0.3, -0.25) is 4.79 Å². The smallest absolute Gasteiger partial charge is 0.223 e. The molecule has 2 fully saturated rings. The molecule has 1 aliphatic carbocycles. The molecule has 4 rings (SSSR count). The van der Waals surface area contributed by atoms with Gasteiger partial charge in [0.05, 0.1) is 19.3 Å². The first-order valence-corrected chi connectivity index (χ1v) is 8.35. The Bertz CT molecular complexity index is 558. The van der Waals surface area contributed by atoms with E-state index >= 15 is 0 Å². The van der Waals surface area contributed by atoms with E-state index in [-0.39, 0.29) is 17.9 Å². The molecule has 3 heterocycles. The minimum atomic E-state index is 0.0800. The Morgan fingerprint density at radius 1 is 1.41 bits per heavy atom. The molecule has 1 aromatic rings. The Labute approximate surface area is 129 Å². The van der Waals surface area contributed by atoms with Crippen molar-refractivity contribution in [3.8, 4) is 0 Å². The number of hydrogen-bond acceptors (Lipinski definition) is 5. The van der Waals surface area contributed by atoms with Crippen LogP contribution in [0.1, 0.15) is 37.3 Å². The molecule has 0 aromatic carbocycles. The van der Waals surface area contributed by atoms with Gasteiger partial charge in [0.1, 0.15) is 5.82 Å². The molecule has 1 saturated heterocycles. The number of carbonyl (C=O) groups is 1. The largest absolute Gasteiger partial charge is 0.375 e. The molecular formula is C15H23N5O2. The molecule has 1 amide bonds. The van der Waals surface area contributed by atoms with Gasteiger partial charge in [-0.25, -0.2) is 0 Å². The number of amides is 1. The minimum absolute atomic E-state index is 0.0800. The van der Waals surface area contributed by atoms with Crippen LogP contribution in [0.2, 0.25) is 0 Å². The van der Waals surface area contributed by atoms with Crippen LogP contribution in [0.25, 0.3) is 0 Å². The van der Waals surface area contributed by atoms with Crippen molar-refractivity contribution in [1.29, 1.82) is 0 Å². The van der Waals surface area contributed by atoms with Crippen molar-refractivity contribution in [2.45, 2.75) is 57.3 Å². The van der Waals surface area contributed by atoms with Gasteiger partial charge in [-0.15, -0.1) is 10.2 Å². The van der Waals surface area contributed by atoms with Crippen LogP contribution in [-0.2, 0) is 29.0 Å². The molecular weight excluding hydrogens is 282 g/mol. The second-order valence-corrected chi connectivity index (χ2v) is 6.49. The molecule has 0 spiro atoms. The van der Waals surface area contributed by atoms with E-state index < -0.39 is 0 Å². The Morgan fingerprint density at radius 3 is 3.32 bits per heavy atom. The van der Waals surface area contributed by atoms with E-state index in [1.807, 2.05) is 0 Å². The van der Waals surface area contributed by atoms with E-state index in [9.17, 15) is 4.79 Å². The van der Waals surface area contributed by atoms with E-state index in [0.717, 1.165) is 63.4 Å². The summed E-state index contributed by atoms with van der Waals surface area (Å²) in [7, 11) is 0. The third-order valence-electron chi connectivity index (χ3n) is 5.11. The molecule has 0 bridgehead atoms. The first-order chi connectivity index (χ1) is 10.8. The molecule has 2 N–H and O–H groups in total. The highest BCUT2D eigenvalue weighted by Gasteiger charge is 2.35. The van der Waals surface area contributed by atoms with Crippen LogP contribution in [0.3, 0.4) is 0 Å². The summed E-state index contributed by atoms with van der Waals surface area (Å²) in [5.74, 6) is 2.15. The fourth-order valence-electron chi connectivity index (χ4n) is 3.90. The fourth-order valence-corrected chi connectivity index (χ4v) is 3.90. The molecule has 1 aromatic heterocycles. The summed E-state index contributed by atoms with van der Waals surface area (Å²) in [6.45, 7) is 3.14. The highest BCUT2D eigenvalue weighted by atomic mass is 16.5. The lowest BCUT2D eigenvalue weighted by Crippen LogP contribution is -2.53. The number of morpholine rings is 1. The number of aromatic nitrogens is 3. The van der Waals surface area contributed by atoms with Crippen LogP contribution in [0, 0.1) is 5.92 Å². The van der Waals surface area contributed by atoms with Gasteiger partial charge in [-0.05, 0) is 25.7 Å². The molecule has 3 aliphatic rings. The summed E-state index contributed by atoms with van der Waals surface area (Å²) in [5, 5.41) is 14.9. The van der Waals surface area contributed by atoms with Crippen LogP contribution in [0.5, 0.6) is 0 Å². The molecule has 1 saturated carbocycles. The maximum atomic E-state index is 12.4. The number of nitrogens with zero attached hydrogens (tertiary/aromatic N) is 3. The van der Waals surface area contributed by atoms with Gasteiger partial charge in [0.25, 0.3) is 0 Å². The van der Waals surface area contributed by atoms with Gasteiger partial charge < -0.3 is 19.9 Å². The Morgan fingerprint density at radius 2 is 2.36 bits per heavy atom. The zero-order chi connectivity index (χ0) is 14.9. The van der Waals surface area contributed by atoms with Crippen LogP contribution >= 0.6 is 0 Å². The number of nitrogens with one attached hydrogen (secondary N) is 2. The summed E-state index contributed by atoms with van der Waals surface area (Å²) in [6.07, 6.45) is 5.16. The summed E-state index contributed by atoms with van der Waals surface area (Å²) in [6, 6.07) is 0.329. The third kappa shape index (κ3) is 2.63. The summed E-state index contributed by atoms with van der Waals surface area (Å²) in [5.41, 5.74) is 0. The molecule has 2 aliphatic heterocycles. The Hall–Kier alpha value is -1.47. The Balaban J connectivity index is 1.32. The average Bonchev–Trinajstić information content (AvgIpc) is 3.16. The topological polar surface area (TPSA) is 81.1 Å². The maximum absolute atomic E-state index is 12.4. The normalized spacial score (nSPS) is 30.6. The number of fused-ring (bicyclic) bond motifs is 2. The second kappa shape index (κ2) is 5.96. The molecule has 7 heteroatoms. The van der Waals surface area contributed by atoms with Crippen molar-refractivity contribution in [2.75, 3.05) is 13.2 Å². The first-order valence-electron chi connectivity index (χ1n) is 8.35. The van der Waals surface area contributed by atoms with E-state index in [1.54, 1.807) is 0 Å². The third-order valence-corrected chi connectivity index (χ3v) is 5.11. The number of aryl methyl sites for hydroxylation is 1. The number of carbonyl (C=O) groups excluding carboxylic acids is 1. The van der Waals surface area contributed by atoms with E-state index in [0.29, 0.717) is 12.6 Å². The van der Waals surface area contributed by atoms with Gasteiger partial charge in [-0.2, -0.15) is 0 Å². The molecule has 120 valence electrons. The summed E-state index contributed by atoms with van der Waals surface area (Å²) >= 11 is 0. The number of rotatable bonds is 3. The van der Waals surface area contributed by atoms with Crippen molar-refractivity contribution in [3.63, 3.8) is 0 Å². The Kier molecular flexibility index (Phi) is 3.83. The van der Waals surface area contributed by atoms with Gasteiger partial charge in [-0.1, -0.05) is 0 Å². The average molecular weight is 305 g/mol. The van der Waals surface area contributed by atoms with Crippen molar-refractivity contribution >= 4 is 5.91 Å². The standard InChI is InChI=1S/C15H23N5O2/c21-15(10-3-4-12-11(8-10)16-5-7-22-12)17-9-14-19-18-13-2-1-6-20(13)14/h10-12,16H,1-9H2,(H,17,21)/t10-,11+,12+/m0/s1. The molecule has 22 heavy (non-hydrogen) atoms. The van der Waals surface area contributed by atoms with E-state index in [4.69, 9.17) is 4.74 Å². The van der Waals surface area contributed by atoms with Crippen LogP contribution in [0.4, 0.5) is 0 Å². The fraction of sp³-hybridized carbons (Fsp3) is 0.800. The highest BCUT2D eigenvalue weighted by molar-refractivity contribution is 5.78. The minimum Gasteiger partial charge on any atom is -0.375 e. The zero-order valence-corrected chi connectivity index (χ0v) is 12.8. The molecule has 7 nitrogen and oxygen atoms in total. The lowest BCUT2D eigenvalue weighted by atomic mass is 9.82. The quantitative estimate of drug-likeness (QED) is 0.821. The number of hydrogen-bond donors (Lipinski definition) is 2. The highest BCUT2D eigenvalue weighted by Crippen LogP contribution is 2.28. The van der Waals surface area contributed by atoms with Gasteiger partial charge in [0, 0.05) is 31.5 Å². The maximum Gasteiger partial charge on any atom is 0.223 e. The summed E-state index contributed by atoms with van der Waals surface area (Å²) in [4.78, 5) is 12.4. The van der Waals surface area contributed by atoms with Gasteiger partial charge >= 0.3 is 0 Å². The monoisotopic (exact) mass is 305 g/mol. The predicted octanol–water partition coefficient (Wildman–Crippen LogP) is -0.00240. The molecule has 0 unspecified atom stereocenters. The van der Waals surface area contributed by atoms with E-state index in [2.05, 4.69) is 25.4 Å². The molecule has 3 atom stereocenters. The van der Waals surface area contributed by atoms with Crippen LogP contribution < -0.4 is 10.6 Å². The lowest BCUT2D eigenvalue weighted by molar-refractivity contribution is -0.128. The predicted molar refractivity (Wildman–Crippen MR) is 79.1 cm³/mol. The second-order valence-electron chi connectivity index (χ2n) is 6.49. The van der Waals surface area contributed by atoms with Gasteiger partial charge in [0.2, 0.25) is 5.91 Å². The van der Waals surface area contributed by atoms with Crippen molar-refractivity contribution < 1.29 is 9.53 Å². The molecule has 0 radical (unpaired) electrons. The van der Waals surface area contributed by atoms with Gasteiger partial charge in [0.15, 0.2) is 5.82 Å². The van der Waals surface area contributed by atoms with Crippen molar-refractivity contribution in [1.82, 2.24) is 25.4 Å². The van der Waals surface area contributed by atoms with Crippen LogP contribution in [0.15, 0.2) is 0 Å². The SMILES string of the molecule is O=C(NCc1nnc2n1CCC2)[C@H]1CC[C@H]2OCCN[C@@H]2C1. The lowest BCUT2D eigenvalue weighted by Gasteiger charge is -2.39. The van der Waals surface area contributed by atoms with Crippen molar-refractivity contribution in [3.05, 3.63) is 11.6 Å². The first kappa shape index (κ1) is 14.1. The van der Waals surface area contributed by atoms with E-state index in [1.165, 1.54) is 0 Å². The summed E-state index contributed by atoms with van der Waals surface area (Å²) < 4.78 is 7.90. The van der Waals surface area contributed by atoms with Crippen LogP contribution in [-0.4, -0.2) is 46.0 Å². The zero-order valence-electron chi connectivity index (χ0n) is 12.8.